The van der Waals surface area contributed by atoms with Gasteiger partial charge in [0.25, 0.3) is 0 Å². The Labute approximate surface area is 151 Å². The van der Waals surface area contributed by atoms with Crippen LogP contribution in [0.25, 0.3) is 0 Å². The first kappa shape index (κ1) is 19.9. The highest BCUT2D eigenvalue weighted by atomic mass is 19.4. The van der Waals surface area contributed by atoms with Gasteiger partial charge in [0.15, 0.2) is 11.6 Å². The summed E-state index contributed by atoms with van der Waals surface area (Å²) in [7, 11) is 0. The fraction of sp³-hybridized carbons (Fsp3) is 0.333. The van der Waals surface area contributed by atoms with Crippen molar-refractivity contribution < 1.29 is 22.8 Å². The summed E-state index contributed by atoms with van der Waals surface area (Å²) >= 11 is 0. The van der Waals surface area contributed by atoms with Crippen molar-refractivity contribution in [3.8, 4) is 0 Å². The van der Waals surface area contributed by atoms with Crippen LogP contribution in [0.3, 0.4) is 0 Å². The zero-order valence-electron chi connectivity index (χ0n) is 14.6. The summed E-state index contributed by atoms with van der Waals surface area (Å²) in [5.41, 5.74) is 0.722. The molecule has 0 fully saturated rings. The van der Waals surface area contributed by atoms with Crippen LogP contribution in [0.4, 0.5) is 13.2 Å². The van der Waals surface area contributed by atoms with Crippen LogP contribution in [0.1, 0.15) is 64.4 Å². The molecule has 2 nitrogen and oxygen atoms in total. The van der Waals surface area contributed by atoms with Gasteiger partial charge in [-0.3, -0.25) is 9.59 Å². The maximum atomic E-state index is 12.7. The summed E-state index contributed by atoms with van der Waals surface area (Å²) in [6.45, 7) is 2.09. The number of carbonyl (C=O) groups excluding carboxylic acids is 2. The van der Waals surface area contributed by atoms with E-state index >= 15 is 0 Å². The minimum absolute atomic E-state index is 0.0215. The highest BCUT2D eigenvalue weighted by Crippen LogP contribution is 2.29. The van der Waals surface area contributed by atoms with Crippen LogP contribution in [0.2, 0.25) is 0 Å². The summed E-state index contributed by atoms with van der Waals surface area (Å²) < 4.78 is 38.2. The van der Waals surface area contributed by atoms with E-state index in [0.29, 0.717) is 5.56 Å². The van der Waals surface area contributed by atoms with E-state index in [1.54, 1.807) is 6.07 Å². The van der Waals surface area contributed by atoms with E-state index in [9.17, 15) is 22.8 Å². The molecule has 0 atom stereocenters. The molecule has 2 rings (SSSR count). The van der Waals surface area contributed by atoms with E-state index < -0.39 is 17.5 Å². The molecule has 2 aromatic carbocycles. The van der Waals surface area contributed by atoms with Gasteiger partial charge in [-0.05, 0) is 36.6 Å². The molecule has 0 N–H and O–H groups in total. The molecule has 0 saturated heterocycles. The lowest BCUT2D eigenvalue weighted by molar-refractivity contribution is -0.137. The number of hydrogen-bond donors (Lipinski definition) is 0. The summed E-state index contributed by atoms with van der Waals surface area (Å²) in [4.78, 5) is 24.4. The number of hydrogen-bond acceptors (Lipinski definition) is 2. The van der Waals surface area contributed by atoms with Crippen LogP contribution in [-0.2, 0) is 12.6 Å². The van der Waals surface area contributed by atoms with Crippen molar-refractivity contribution in [2.75, 3.05) is 0 Å². The van der Waals surface area contributed by atoms with Crippen LogP contribution in [0.5, 0.6) is 0 Å². The fourth-order valence-corrected chi connectivity index (χ4v) is 2.67. The Morgan fingerprint density at radius 3 is 2.04 bits per heavy atom. The lowest BCUT2D eigenvalue weighted by Crippen LogP contribution is -2.09. The van der Waals surface area contributed by atoms with Gasteiger partial charge in [0.1, 0.15) is 0 Å². The molecule has 138 valence electrons. The molecule has 0 spiro atoms. The monoisotopic (exact) mass is 362 g/mol. The van der Waals surface area contributed by atoms with Crippen LogP contribution < -0.4 is 0 Å². The zero-order chi connectivity index (χ0) is 19.2. The predicted molar refractivity (Wildman–Crippen MR) is 94.4 cm³/mol. The molecule has 26 heavy (non-hydrogen) atoms. The van der Waals surface area contributed by atoms with Gasteiger partial charge < -0.3 is 0 Å². The summed E-state index contributed by atoms with van der Waals surface area (Å²) in [6.07, 6.45) is -1.65. The second-order valence-electron chi connectivity index (χ2n) is 6.23. The first-order chi connectivity index (χ1) is 12.3. The van der Waals surface area contributed by atoms with Crippen LogP contribution in [-0.4, -0.2) is 11.6 Å². The number of alkyl halides is 3. The molecule has 0 aliphatic carbocycles. The molecule has 0 aromatic heterocycles. The number of Topliss-reactive ketones (excluding diaryl/α,β-unsaturated/α-hetero) is 2. The van der Waals surface area contributed by atoms with Gasteiger partial charge in [-0.25, -0.2) is 0 Å². The normalized spacial score (nSPS) is 11.4. The number of rotatable bonds is 8. The number of aryl methyl sites for hydroxylation is 1. The Morgan fingerprint density at radius 2 is 1.46 bits per heavy atom. The standard InChI is InChI=1S/C21H21F3O2/c1-2-3-6-15-7-4-8-16(13-15)19(25)11-12-20(26)17-9-5-10-18(14-17)21(22,23)24/h4-5,7-10,13-14H,2-3,6,11-12H2,1H3. The van der Waals surface area contributed by atoms with Crippen molar-refractivity contribution in [1.29, 1.82) is 0 Å². The summed E-state index contributed by atoms with van der Waals surface area (Å²) in [5.74, 6) is -0.643. The molecule has 0 aliphatic rings. The fourth-order valence-electron chi connectivity index (χ4n) is 2.67. The lowest BCUT2D eigenvalue weighted by Gasteiger charge is -2.08. The van der Waals surface area contributed by atoms with Gasteiger partial charge in [-0.15, -0.1) is 0 Å². The largest absolute Gasteiger partial charge is 0.416 e. The second-order valence-corrected chi connectivity index (χ2v) is 6.23. The second kappa shape index (κ2) is 8.79. The van der Waals surface area contributed by atoms with Crippen LogP contribution in [0, 0.1) is 0 Å². The van der Waals surface area contributed by atoms with Gasteiger partial charge in [-0.1, -0.05) is 43.7 Å². The maximum absolute atomic E-state index is 12.7. The minimum atomic E-state index is -4.50. The van der Waals surface area contributed by atoms with Crippen molar-refractivity contribution in [3.05, 3.63) is 70.8 Å². The molecule has 0 saturated carbocycles. The predicted octanol–water partition coefficient (Wildman–Crippen LogP) is 5.89. The van der Waals surface area contributed by atoms with E-state index in [2.05, 4.69) is 6.92 Å². The minimum Gasteiger partial charge on any atom is -0.294 e. The van der Waals surface area contributed by atoms with Crippen LogP contribution >= 0.6 is 0 Å². The molecule has 0 unspecified atom stereocenters. The third-order valence-electron chi connectivity index (χ3n) is 4.16. The highest BCUT2D eigenvalue weighted by Gasteiger charge is 2.30. The van der Waals surface area contributed by atoms with Crippen molar-refractivity contribution in [1.82, 2.24) is 0 Å². The quantitative estimate of drug-likeness (QED) is 0.548. The maximum Gasteiger partial charge on any atom is 0.416 e. The van der Waals surface area contributed by atoms with Crippen molar-refractivity contribution in [2.45, 2.75) is 45.2 Å². The Hall–Kier alpha value is -2.43. The molecule has 0 aliphatic heterocycles. The van der Waals surface area contributed by atoms with Gasteiger partial charge in [0.2, 0.25) is 0 Å². The summed E-state index contributed by atoms with van der Waals surface area (Å²) in [5, 5.41) is 0. The van der Waals surface area contributed by atoms with Gasteiger partial charge in [-0.2, -0.15) is 13.2 Å². The molecule has 0 bridgehead atoms. The third-order valence-corrected chi connectivity index (χ3v) is 4.16. The van der Waals surface area contributed by atoms with Gasteiger partial charge in [0, 0.05) is 24.0 Å². The molecular weight excluding hydrogens is 341 g/mol. The molecule has 0 amide bonds. The van der Waals surface area contributed by atoms with E-state index in [0.717, 1.165) is 37.0 Å². The average Bonchev–Trinajstić information content (AvgIpc) is 2.63. The van der Waals surface area contributed by atoms with Gasteiger partial charge >= 0.3 is 6.18 Å². The summed E-state index contributed by atoms with van der Waals surface area (Å²) in [6, 6.07) is 11.6. The van der Waals surface area contributed by atoms with Crippen molar-refractivity contribution in [3.63, 3.8) is 0 Å². The van der Waals surface area contributed by atoms with Crippen LogP contribution in [0.15, 0.2) is 48.5 Å². The van der Waals surface area contributed by atoms with E-state index in [4.69, 9.17) is 0 Å². The number of benzene rings is 2. The molecule has 0 radical (unpaired) electrons. The van der Waals surface area contributed by atoms with Gasteiger partial charge in [0.05, 0.1) is 5.56 Å². The SMILES string of the molecule is CCCCc1cccc(C(=O)CCC(=O)c2cccc(C(F)(F)F)c2)c1. The van der Waals surface area contributed by atoms with E-state index in [-0.39, 0.29) is 24.2 Å². The molecule has 0 heterocycles. The molecular formula is C21H21F3O2. The van der Waals surface area contributed by atoms with Crippen molar-refractivity contribution in [2.24, 2.45) is 0 Å². The topological polar surface area (TPSA) is 34.1 Å². The van der Waals surface area contributed by atoms with E-state index in [1.165, 1.54) is 12.1 Å². The third kappa shape index (κ3) is 5.55. The number of ketones is 2. The highest BCUT2D eigenvalue weighted by molar-refractivity contribution is 6.02. The van der Waals surface area contributed by atoms with Crippen molar-refractivity contribution >= 4 is 11.6 Å². The average molecular weight is 362 g/mol. The van der Waals surface area contributed by atoms with E-state index in [1.807, 2.05) is 18.2 Å². The first-order valence-electron chi connectivity index (χ1n) is 8.64. The number of unbranched alkanes of at least 4 members (excludes halogenated alkanes) is 1. The molecule has 2 aromatic rings. The Morgan fingerprint density at radius 1 is 0.885 bits per heavy atom. The smallest absolute Gasteiger partial charge is 0.294 e. The zero-order valence-corrected chi connectivity index (χ0v) is 14.6. The lowest BCUT2D eigenvalue weighted by atomic mass is 9.98. The Kier molecular flexibility index (Phi) is 6.72. The first-order valence-corrected chi connectivity index (χ1v) is 8.64. The number of carbonyl (C=O) groups is 2. The Balaban J connectivity index is 2.00. The molecule has 5 heteroatoms. The number of halogens is 3. The Bertz CT molecular complexity index is 779.